The predicted octanol–water partition coefficient (Wildman–Crippen LogP) is 2.34. The molecule has 3 aromatic rings. The van der Waals surface area contributed by atoms with E-state index in [1.165, 1.54) is 35.3 Å². The number of aromatic nitrogens is 2. The predicted molar refractivity (Wildman–Crippen MR) is 88.5 cm³/mol. The molecule has 0 spiro atoms. The van der Waals surface area contributed by atoms with Crippen molar-refractivity contribution >= 4 is 17.1 Å². The second-order valence-electron chi connectivity index (χ2n) is 5.68. The van der Waals surface area contributed by atoms with Crippen LogP contribution >= 0.6 is 0 Å². The molecule has 1 heterocycles. The van der Waals surface area contributed by atoms with Gasteiger partial charge < -0.3 is 10.4 Å². The average molecular weight is 328 g/mol. The van der Waals surface area contributed by atoms with Gasteiger partial charge in [0.05, 0.1) is 17.6 Å². The number of rotatable bonds is 4. The Hall–Kier alpha value is -2.93. The van der Waals surface area contributed by atoms with Crippen molar-refractivity contribution < 1.29 is 14.3 Å². The summed E-state index contributed by atoms with van der Waals surface area (Å²) in [6.07, 6.45) is 1.50. The number of benzene rings is 2. The van der Waals surface area contributed by atoms with Crippen LogP contribution in [0.5, 0.6) is 0 Å². The molecule has 0 aliphatic heterocycles. The number of para-hydroxylation sites is 2. The molecule has 0 fully saturated rings. The zero-order valence-corrected chi connectivity index (χ0v) is 13.0. The van der Waals surface area contributed by atoms with Crippen LogP contribution in [-0.4, -0.2) is 27.3 Å². The largest absolute Gasteiger partial charge is 0.384 e. The van der Waals surface area contributed by atoms with Gasteiger partial charge in [-0.05, 0) is 36.8 Å². The minimum Gasteiger partial charge on any atom is -0.384 e. The number of carbonyl (C=O) groups is 1. The van der Waals surface area contributed by atoms with Gasteiger partial charge in [-0.15, -0.1) is 0 Å². The van der Waals surface area contributed by atoms with Gasteiger partial charge in [0.1, 0.15) is 17.7 Å². The Morgan fingerprint density at radius 2 is 1.96 bits per heavy atom. The molecule has 24 heavy (non-hydrogen) atoms. The van der Waals surface area contributed by atoms with E-state index in [9.17, 15) is 14.3 Å². The van der Waals surface area contributed by atoms with E-state index in [0.29, 0.717) is 5.56 Å². The number of urea groups is 1. The number of carbonyl (C=O) groups excluding carboxylic acids is 1. The van der Waals surface area contributed by atoms with Crippen LogP contribution in [0.4, 0.5) is 9.18 Å². The van der Waals surface area contributed by atoms with E-state index < -0.39 is 11.6 Å². The molecule has 2 aromatic carbocycles. The van der Waals surface area contributed by atoms with Crippen LogP contribution in [-0.2, 0) is 5.60 Å². The fourth-order valence-electron chi connectivity index (χ4n) is 2.36. The minimum atomic E-state index is -1.32. The Morgan fingerprint density at radius 1 is 1.25 bits per heavy atom. The Morgan fingerprint density at radius 3 is 2.71 bits per heavy atom. The number of fused-ring (bicyclic) bond motifs is 1. The summed E-state index contributed by atoms with van der Waals surface area (Å²) in [5.41, 5.74) is 3.35. The van der Waals surface area contributed by atoms with E-state index in [4.69, 9.17) is 0 Å². The van der Waals surface area contributed by atoms with Crippen LogP contribution < -0.4 is 10.7 Å². The molecule has 1 unspecified atom stereocenters. The third kappa shape index (κ3) is 3.36. The Balaban J connectivity index is 1.63. The van der Waals surface area contributed by atoms with Crippen LogP contribution in [0.2, 0.25) is 0 Å². The molecule has 1 aromatic heterocycles. The highest BCUT2D eigenvalue weighted by atomic mass is 19.1. The maximum Gasteiger partial charge on any atom is 0.334 e. The second-order valence-corrected chi connectivity index (χ2v) is 5.68. The molecule has 7 heteroatoms. The van der Waals surface area contributed by atoms with Gasteiger partial charge in [-0.1, -0.05) is 24.3 Å². The molecule has 1 atom stereocenters. The number of nitrogens with one attached hydrogen (secondary N) is 2. The molecule has 124 valence electrons. The molecule has 0 bridgehead atoms. The number of nitrogens with zero attached hydrogens (tertiary/aromatic N) is 2. The monoisotopic (exact) mass is 328 g/mol. The first kappa shape index (κ1) is 15.9. The van der Waals surface area contributed by atoms with E-state index in [2.05, 4.69) is 15.7 Å². The van der Waals surface area contributed by atoms with Crippen molar-refractivity contribution in [2.75, 3.05) is 12.0 Å². The summed E-state index contributed by atoms with van der Waals surface area (Å²) in [6, 6.07) is 12.4. The van der Waals surface area contributed by atoms with Gasteiger partial charge >= 0.3 is 6.03 Å². The van der Waals surface area contributed by atoms with Crippen molar-refractivity contribution in [1.82, 2.24) is 15.0 Å². The lowest BCUT2D eigenvalue weighted by atomic mass is 9.96. The molecule has 0 aliphatic rings. The average Bonchev–Trinajstić information content (AvgIpc) is 2.97. The summed E-state index contributed by atoms with van der Waals surface area (Å²) < 4.78 is 14.5. The molecular formula is C17H17FN4O2. The smallest absolute Gasteiger partial charge is 0.334 e. The number of hydrogen-bond donors (Lipinski definition) is 3. The SMILES string of the molecule is CC(O)(CNC(=O)Nn1cnc2ccccc21)c1ccc(F)cc1. The van der Waals surface area contributed by atoms with Crippen molar-refractivity contribution in [3.8, 4) is 0 Å². The highest BCUT2D eigenvalue weighted by Crippen LogP contribution is 2.19. The van der Waals surface area contributed by atoms with Crippen LogP contribution in [0.25, 0.3) is 11.0 Å². The highest BCUT2D eigenvalue weighted by Gasteiger charge is 2.24. The van der Waals surface area contributed by atoms with Gasteiger partial charge in [-0.2, -0.15) is 0 Å². The highest BCUT2D eigenvalue weighted by molar-refractivity contribution is 5.85. The summed E-state index contributed by atoms with van der Waals surface area (Å²) in [7, 11) is 0. The van der Waals surface area contributed by atoms with Gasteiger partial charge in [-0.3, -0.25) is 0 Å². The third-order valence-corrected chi connectivity index (χ3v) is 3.73. The van der Waals surface area contributed by atoms with Crippen molar-refractivity contribution in [2.24, 2.45) is 0 Å². The molecule has 0 saturated heterocycles. The standard InChI is InChI=1S/C17H17FN4O2/c1-17(24,12-6-8-13(18)9-7-12)10-19-16(23)21-22-11-20-14-4-2-3-5-15(14)22/h2-9,11,24H,10H2,1H3,(H2,19,21,23). The van der Waals surface area contributed by atoms with E-state index in [0.717, 1.165) is 11.0 Å². The van der Waals surface area contributed by atoms with E-state index in [1.807, 2.05) is 24.3 Å². The van der Waals surface area contributed by atoms with E-state index >= 15 is 0 Å². The molecule has 3 rings (SSSR count). The van der Waals surface area contributed by atoms with Gasteiger partial charge in [0, 0.05) is 0 Å². The maximum atomic E-state index is 13.0. The first-order valence-electron chi connectivity index (χ1n) is 7.41. The summed E-state index contributed by atoms with van der Waals surface area (Å²) >= 11 is 0. The van der Waals surface area contributed by atoms with Crippen LogP contribution in [0.3, 0.4) is 0 Å². The van der Waals surface area contributed by atoms with Gasteiger partial charge in [0.15, 0.2) is 0 Å². The molecular weight excluding hydrogens is 311 g/mol. The summed E-state index contributed by atoms with van der Waals surface area (Å²) in [5.74, 6) is -0.382. The molecule has 0 aliphatic carbocycles. The third-order valence-electron chi connectivity index (χ3n) is 3.73. The number of hydrogen-bond acceptors (Lipinski definition) is 3. The number of imidazole rings is 1. The minimum absolute atomic E-state index is 0.0307. The lowest BCUT2D eigenvalue weighted by Crippen LogP contribution is -2.42. The summed E-state index contributed by atoms with van der Waals surface area (Å²) in [6.45, 7) is 1.52. The second kappa shape index (κ2) is 6.29. The quantitative estimate of drug-likeness (QED) is 0.688. The Bertz CT molecular complexity index is 858. The van der Waals surface area contributed by atoms with Crippen LogP contribution in [0, 0.1) is 5.82 Å². The number of aliphatic hydroxyl groups is 1. The first-order chi connectivity index (χ1) is 11.5. The zero-order valence-electron chi connectivity index (χ0n) is 13.0. The fraction of sp³-hybridized carbons (Fsp3) is 0.176. The van der Waals surface area contributed by atoms with Gasteiger partial charge in [0.2, 0.25) is 0 Å². The molecule has 6 nitrogen and oxygen atoms in total. The Labute approximate surface area is 137 Å². The van der Waals surface area contributed by atoms with Crippen molar-refractivity contribution in [3.63, 3.8) is 0 Å². The summed E-state index contributed by atoms with van der Waals surface area (Å²) in [4.78, 5) is 16.2. The van der Waals surface area contributed by atoms with E-state index in [-0.39, 0.29) is 12.4 Å². The first-order valence-corrected chi connectivity index (χ1v) is 7.41. The normalized spacial score (nSPS) is 13.5. The van der Waals surface area contributed by atoms with E-state index in [1.54, 1.807) is 6.92 Å². The van der Waals surface area contributed by atoms with Gasteiger partial charge in [-0.25, -0.2) is 24.3 Å². The Kier molecular flexibility index (Phi) is 4.18. The van der Waals surface area contributed by atoms with Crippen molar-refractivity contribution in [2.45, 2.75) is 12.5 Å². The lowest BCUT2D eigenvalue weighted by Gasteiger charge is -2.24. The molecule has 0 radical (unpaired) electrons. The van der Waals surface area contributed by atoms with Gasteiger partial charge in [0.25, 0.3) is 0 Å². The molecule has 3 N–H and O–H groups in total. The number of amides is 2. The van der Waals surface area contributed by atoms with Crippen molar-refractivity contribution in [1.29, 1.82) is 0 Å². The number of halogens is 1. The fourth-order valence-corrected chi connectivity index (χ4v) is 2.36. The lowest BCUT2D eigenvalue weighted by molar-refractivity contribution is 0.0598. The molecule has 0 saturated carbocycles. The van der Waals surface area contributed by atoms with Crippen LogP contribution in [0.1, 0.15) is 12.5 Å². The zero-order chi connectivity index (χ0) is 17.2. The maximum absolute atomic E-state index is 13.0. The van der Waals surface area contributed by atoms with Crippen LogP contribution in [0.15, 0.2) is 54.9 Å². The summed E-state index contributed by atoms with van der Waals surface area (Å²) in [5, 5.41) is 13.0. The molecule has 2 amide bonds. The topological polar surface area (TPSA) is 79.2 Å². The van der Waals surface area contributed by atoms with Crippen molar-refractivity contribution in [3.05, 3.63) is 66.2 Å².